The molecule has 0 spiro atoms. The van der Waals surface area contributed by atoms with Gasteiger partial charge in [-0.15, -0.1) is 0 Å². The molecule has 1 N–H and O–H groups in total. The number of aromatic amines is 1. The number of hydrogen-bond donors (Lipinski definition) is 1. The number of H-pyrrole nitrogens is 1. The summed E-state index contributed by atoms with van der Waals surface area (Å²) in [6, 6.07) is 1.85. The van der Waals surface area contributed by atoms with Crippen molar-refractivity contribution < 1.29 is 4.39 Å². The number of hydrogen-bond acceptors (Lipinski definition) is 1. The maximum Gasteiger partial charge on any atom is 0.165 e. The first-order valence-corrected chi connectivity index (χ1v) is 4.13. The SMILES string of the molecule is Fc1cncc2cc(I)[nH]c12. The molecule has 2 aromatic rings. The number of nitrogens with zero attached hydrogens (tertiary/aromatic N) is 1. The Bertz CT molecular complexity index is 396. The second kappa shape index (κ2) is 2.44. The van der Waals surface area contributed by atoms with Gasteiger partial charge in [0.15, 0.2) is 5.82 Å². The number of rotatable bonds is 0. The molecular formula is C7H4FIN2. The van der Waals surface area contributed by atoms with E-state index < -0.39 is 0 Å². The van der Waals surface area contributed by atoms with Crippen LogP contribution in [0.3, 0.4) is 0 Å². The van der Waals surface area contributed by atoms with Gasteiger partial charge in [0, 0.05) is 11.6 Å². The van der Waals surface area contributed by atoms with Gasteiger partial charge in [0.1, 0.15) is 0 Å². The molecule has 2 rings (SSSR count). The zero-order valence-corrected chi connectivity index (χ0v) is 7.59. The van der Waals surface area contributed by atoms with Gasteiger partial charge in [-0.1, -0.05) is 0 Å². The van der Waals surface area contributed by atoms with Gasteiger partial charge in [0.05, 0.1) is 15.4 Å². The van der Waals surface area contributed by atoms with Crippen molar-refractivity contribution in [1.82, 2.24) is 9.97 Å². The van der Waals surface area contributed by atoms with Crippen molar-refractivity contribution in [2.75, 3.05) is 0 Å². The normalized spacial score (nSPS) is 10.7. The van der Waals surface area contributed by atoms with E-state index in [9.17, 15) is 4.39 Å². The quantitative estimate of drug-likeness (QED) is 0.725. The average Bonchev–Trinajstić information content (AvgIpc) is 2.31. The van der Waals surface area contributed by atoms with E-state index in [1.54, 1.807) is 6.20 Å². The highest BCUT2D eigenvalue weighted by Crippen LogP contribution is 2.17. The van der Waals surface area contributed by atoms with Crippen LogP contribution in [0.1, 0.15) is 0 Å². The average molecular weight is 262 g/mol. The standard InChI is InChI=1S/C7H4FIN2/c8-5-3-10-2-4-1-6(9)11-7(4)5/h1-3,11H. The highest BCUT2D eigenvalue weighted by molar-refractivity contribution is 14.1. The minimum Gasteiger partial charge on any atom is -0.348 e. The Hall–Kier alpha value is -0.650. The van der Waals surface area contributed by atoms with Crippen LogP contribution in [0.4, 0.5) is 4.39 Å². The topological polar surface area (TPSA) is 28.7 Å². The fourth-order valence-corrected chi connectivity index (χ4v) is 1.59. The van der Waals surface area contributed by atoms with Gasteiger partial charge in [-0.2, -0.15) is 0 Å². The van der Waals surface area contributed by atoms with Crippen LogP contribution in [-0.4, -0.2) is 9.97 Å². The first kappa shape index (κ1) is 7.02. The molecule has 0 radical (unpaired) electrons. The number of aromatic nitrogens is 2. The summed E-state index contributed by atoms with van der Waals surface area (Å²) < 4.78 is 13.8. The molecule has 56 valence electrons. The van der Waals surface area contributed by atoms with Crippen molar-refractivity contribution in [2.45, 2.75) is 0 Å². The maximum absolute atomic E-state index is 12.9. The summed E-state index contributed by atoms with van der Waals surface area (Å²) in [5, 5.41) is 0.814. The van der Waals surface area contributed by atoms with E-state index in [2.05, 4.69) is 32.6 Å². The number of halogens is 2. The fraction of sp³-hybridized carbons (Fsp3) is 0. The second-order valence-corrected chi connectivity index (χ2v) is 3.37. The molecular weight excluding hydrogens is 258 g/mol. The first-order valence-electron chi connectivity index (χ1n) is 3.05. The largest absolute Gasteiger partial charge is 0.348 e. The molecule has 0 fully saturated rings. The van der Waals surface area contributed by atoms with Crippen molar-refractivity contribution in [1.29, 1.82) is 0 Å². The van der Waals surface area contributed by atoms with Gasteiger partial charge >= 0.3 is 0 Å². The van der Waals surface area contributed by atoms with Crippen molar-refractivity contribution in [3.8, 4) is 0 Å². The lowest BCUT2D eigenvalue weighted by Crippen LogP contribution is -1.78. The molecule has 4 heteroatoms. The van der Waals surface area contributed by atoms with Crippen LogP contribution in [0.15, 0.2) is 18.5 Å². The van der Waals surface area contributed by atoms with Gasteiger partial charge in [0.2, 0.25) is 0 Å². The highest BCUT2D eigenvalue weighted by Gasteiger charge is 2.02. The minimum atomic E-state index is -0.301. The van der Waals surface area contributed by atoms with E-state index in [-0.39, 0.29) is 5.82 Å². The predicted molar refractivity (Wildman–Crippen MR) is 48.8 cm³/mol. The Labute approximate surface area is 76.0 Å². The first-order chi connectivity index (χ1) is 5.27. The summed E-state index contributed by atoms with van der Waals surface area (Å²) in [6.45, 7) is 0. The molecule has 0 atom stereocenters. The van der Waals surface area contributed by atoms with Gasteiger partial charge in [-0.05, 0) is 28.7 Å². The third-order valence-electron chi connectivity index (χ3n) is 1.46. The Morgan fingerprint density at radius 2 is 2.27 bits per heavy atom. The van der Waals surface area contributed by atoms with Crippen LogP contribution in [0.2, 0.25) is 0 Å². The molecule has 0 bridgehead atoms. The van der Waals surface area contributed by atoms with E-state index in [1.165, 1.54) is 6.20 Å². The van der Waals surface area contributed by atoms with Crippen LogP contribution in [0, 0.1) is 9.52 Å². The van der Waals surface area contributed by atoms with Crippen LogP contribution in [0.5, 0.6) is 0 Å². The highest BCUT2D eigenvalue weighted by atomic mass is 127. The Balaban J connectivity index is 2.90. The molecule has 0 aliphatic rings. The summed E-state index contributed by atoms with van der Waals surface area (Å²) in [4.78, 5) is 6.63. The lowest BCUT2D eigenvalue weighted by Gasteiger charge is -1.88. The summed E-state index contributed by atoms with van der Waals surface area (Å²) >= 11 is 2.10. The number of nitrogens with one attached hydrogen (secondary N) is 1. The molecule has 0 saturated carbocycles. The van der Waals surface area contributed by atoms with E-state index in [4.69, 9.17) is 0 Å². The predicted octanol–water partition coefficient (Wildman–Crippen LogP) is 2.31. The maximum atomic E-state index is 12.9. The second-order valence-electron chi connectivity index (χ2n) is 2.20. The lowest BCUT2D eigenvalue weighted by atomic mass is 10.3. The van der Waals surface area contributed by atoms with Crippen LogP contribution in [0.25, 0.3) is 10.9 Å². The zero-order valence-electron chi connectivity index (χ0n) is 5.44. The Morgan fingerprint density at radius 3 is 3.00 bits per heavy atom. The van der Waals surface area contributed by atoms with Crippen molar-refractivity contribution >= 4 is 33.5 Å². The fourth-order valence-electron chi connectivity index (χ4n) is 0.983. The van der Waals surface area contributed by atoms with Crippen molar-refractivity contribution in [3.05, 3.63) is 28.0 Å². The van der Waals surface area contributed by atoms with E-state index in [1.807, 2.05) is 6.07 Å². The minimum absolute atomic E-state index is 0.301. The monoisotopic (exact) mass is 262 g/mol. The van der Waals surface area contributed by atoms with Crippen LogP contribution < -0.4 is 0 Å². The zero-order chi connectivity index (χ0) is 7.84. The molecule has 2 aromatic heterocycles. The molecule has 0 aromatic carbocycles. The Morgan fingerprint density at radius 1 is 1.45 bits per heavy atom. The molecule has 0 unspecified atom stereocenters. The summed E-state index contributed by atoms with van der Waals surface area (Å²) in [6.07, 6.45) is 2.84. The number of fused-ring (bicyclic) bond motifs is 1. The van der Waals surface area contributed by atoms with Gasteiger partial charge in [-0.3, -0.25) is 4.98 Å². The summed E-state index contributed by atoms with van der Waals surface area (Å²) in [7, 11) is 0. The summed E-state index contributed by atoms with van der Waals surface area (Å²) in [5.74, 6) is -0.301. The lowest BCUT2D eigenvalue weighted by molar-refractivity contribution is 0.631. The van der Waals surface area contributed by atoms with Crippen LogP contribution in [-0.2, 0) is 0 Å². The number of pyridine rings is 1. The van der Waals surface area contributed by atoms with Gasteiger partial charge in [-0.25, -0.2) is 4.39 Å². The van der Waals surface area contributed by atoms with Crippen molar-refractivity contribution in [3.63, 3.8) is 0 Å². The Kier molecular flexibility index (Phi) is 1.56. The van der Waals surface area contributed by atoms with E-state index in [0.29, 0.717) is 5.52 Å². The molecule has 2 nitrogen and oxygen atoms in total. The van der Waals surface area contributed by atoms with E-state index in [0.717, 1.165) is 9.09 Å². The van der Waals surface area contributed by atoms with Crippen molar-refractivity contribution in [2.24, 2.45) is 0 Å². The summed E-state index contributed by atoms with van der Waals surface area (Å²) in [5.41, 5.74) is 0.532. The third kappa shape index (κ3) is 1.11. The van der Waals surface area contributed by atoms with Gasteiger partial charge in [0.25, 0.3) is 0 Å². The molecule has 0 saturated heterocycles. The molecule has 11 heavy (non-hydrogen) atoms. The smallest absolute Gasteiger partial charge is 0.165 e. The molecule has 0 aliphatic carbocycles. The molecule has 0 amide bonds. The van der Waals surface area contributed by atoms with Gasteiger partial charge < -0.3 is 4.98 Å². The molecule has 0 aliphatic heterocycles. The molecule has 2 heterocycles. The third-order valence-corrected chi connectivity index (χ3v) is 2.04. The van der Waals surface area contributed by atoms with Crippen LogP contribution >= 0.6 is 22.6 Å². The van der Waals surface area contributed by atoms with E-state index >= 15 is 0 Å².